The standard InChI is InChI=1S/C15H21BrN2O2/c1-2-10-5-3-4-6-14(10)20-11-7-8-12(13(16)9-11)15(17)18-19/h7-10,14,19H,2-6H2,1H3,(H2,17,18). The minimum absolute atomic E-state index is 0.0903. The molecule has 1 aliphatic rings. The number of nitrogens with zero attached hydrogens (tertiary/aromatic N) is 1. The van der Waals surface area contributed by atoms with Gasteiger partial charge < -0.3 is 15.7 Å². The Morgan fingerprint density at radius 2 is 2.20 bits per heavy atom. The molecule has 2 atom stereocenters. The Labute approximate surface area is 128 Å². The van der Waals surface area contributed by atoms with E-state index >= 15 is 0 Å². The number of amidine groups is 1. The molecule has 0 amide bonds. The SMILES string of the molecule is CCC1CCCCC1Oc1ccc(/C(N)=N/O)c(Br)c1. The van der Waals surface area contributed by atoms with Crippen molar-refractivity contribution < 1.29 is 9.94 Å². The zero-order valence-corrected chi connectivity index (χ0v) is 13.3. The Balaban J connectivity index is 2.12. The molecule has 1 fully saturated rings. The van der Waals surface area contributed by atoms with E-state index in [0.717, 1.165) is 23.1 Å². The first-order chi connectivity index (χ1) is 9.65. The summed E-state index contributed by atoms with van der Waals surface area (Å²) in [6, 6.07) is 5.56. The molecule has 0 bridgehead atoms. The van der Waals surface area contributed by atoms with E-state index < -0.39 is 0 Å². The van der Waals surface area contributed by atoms with E-state index in [1.165, 1.54) is 19.3 Å². The summed E-state index contributed by atoms with van der Waals surface area (Å²) in [6.45, 7) is 2.23. The highest BCUT2D eigenvalue weighted by molar-refractivity contribution is 9.10. The molecule has 5 heteroatoms. The van der Waals surface area contributed by atoms with Gasteiger partial charge in [0.2, 0.25) is 0 Å². The van der Waals surface area contributed by atoms with Crippen LogP contribution in [0.3, 0.4) is 0 Å². The van der Waals surface area contributed by atoms with Crippen molar-refractivity contribution in [2.75, 3.05) is 0 Å². The zero-order valence-electron chi connectivity index (χ0n) is 11.7. The summed E-state index contributed by atoms with van der Waals surface area (Å²) in [5.74, 6) is 1.57. The number of hydrogen-bond donors (Lipinski definition) is 2. The van der Waals surface area contributed by atoms with E-state index in [1.807, 2.05) is 12.1 Å². The molecule has 0 radical (unpaired) electrons. The molecule has 1 aliphatic carbocycles. The van der Waals surface area contributed by atoms with Crippen LogP contribution in [0.15, 0.2) is 27.8 Å². The second-order valence-electron chi connectivity index (χ2n) is 5.24. The van der Waals surface area contributed by atoms with Gasteiger partial charge in [0.15, 0.2) is 5.84 Å². The maximum Gasteiger partial charge on any atom is 0.171 e. The summed E-state index contributed by atoms with van der Waals surface area (Å²) in [6.07, 6.45) is 6.39. The highest BCUT2D eigenvalue weighted by Gasteiger charge is 2.25. The molecule has 3 N–H and O–H groups in total. The quantitative estimate of drug-likeness (QED) is 0.378. The summed E-state index contributed by atoms with van der Waals surface area (Å²) in [5.41, 5.74) is 6.26. The predicted octanol–water partition coefficient (Wildman–Crippen LogP) is 3.89. The zero-order chi connectivity index (χ0) is 14.5. The lowest BCUT2D eigenvalue weighted by Crippen LogP contribution is -2.29. The monoisotopic (exact) mass is 340 g/mol. The topological polar surface area (TPSA) is 67.8 Å². The Hall–Kier alpha value is -1.23. The number of ether oxygens (including phenoxy) is 1. The number of hydrogen-bond acceptors (Lipinski definition) is 3. The van der Waals surface area contributed by atoms with Gasteiger partial charge in [-0.3, -0.25) is 0 Å². The van der Waals surface area contributed by atoms with E-state index in [0.29, 0.717) is 17.6 Å². The number of nitrogens with two attached hydrogens (primary N) is 1. The van der Waals surface area contributed by atoms with Crippen LogP contribution in [0.5, 0.6) is 5.75 Å². The molecule has 2 unspecified atom stereocenters. The smallest absolute Gasteiger partial charge is 0.171 e. The van der Waals surface area contributed by atoms with E-state index in [2.05, 4.69) is 28.0 Å². The molecular weight excluding hydrogens is 320 g/mol. The van der Waals surface area contributed by atoms with Crippen LogP contribution in [-0.4, -0.2) is 17.1 Å². The lowest BCUT2D eigenvalue weighted by atomic mass is 9.85. The fourth-order valence-corrected chi connectivity index (χ4v) is 3.36. The van der Waals surface area contributed by atoms with Crippen LogP contribution in [0, 0.1) is 5.92 Å². The van der Waals surface area contributed by atoms with E-state index in [4.69, 9.17) is 15.7 Å². The second-order valence-corrected chi connectivity index (χ2v) is 6.09. The largest absolute Gasteiger partial charge is 0.490 e. The molecule has 0 aromatic heterocycles. The summed E-state index contributed by atoms with van der Waals surface area (Å²) in [7, 11) is 0. The Kier molecular flexibility index (Phi) is 5.29. The molecule has 0 heterocycles. The van der Waals surface area contributed by atoms with Gasteiger partial charge in [0.25, 0.3) is 0 Å². The number of rotatable bonds is 4. The first-order valence-corrected chi connectivity index (χ1v) is 7.89. The van der Waals surface area contributed by atoms with Gasteiger partial charge in [-0.05, 0) is 65.7 Å². The predicted molar refractivity (Wildman–Crippen MR) is 83.3 cm³/mol. The minimum atomic E-state index is 0.0903. The van der Waals surface area contributed by atoms with Crippen molar-refractivity contribution in [2.45, 2.75) is 45.1 Å². The summed E-state index contributed by atoms with van der Waals surface area (Å²) >= 11 is 3.43. The van der Waals surface area contributed by atoms with Gasteiger partial charge in [0.1, 0.15) is 11.9 Å². The van der Waals surface area contributed by atoms with Gasteiger partial charge >= 0.3 is 0 Å². The second kappa shape index (κ2) is 6.97. The normalized spacial score (nSPS) is 23.6. The fraction of sp³-hybridized carbons (Fsp3) is 0.533. The molecule has 1 aromatic carbocycles. The number of benzene rings is 1. The molecule has 0 aliphatic heterocycles. The summed E-state index contributed by atoms with van der Waals surface area (Å²) < 4.78 is 6.91. The highest BCUT2D eigenvalue weighted by Crippen LogP contribution is 2.32. The van der Waals surface area contributed by atoms with Crippen LogP contribution in [0.1, 0.15) is 44.6 Å². The molecule has 2 rings (SSSR count). The van der Waals surface area contributed by atoms with Crippen molar-refractivity contribution in [1.82, 2.24) is 0 Å². The molecule has 0 saturated heterocycles. The van der Waals surface area contributed by atoms with Gasteiger partial charge in [-0.1, -0.05) is 18.5 Å². The van der Waals surface area contributed by atoms with Crippen molar-refractivity contribution in [3.63, 3.8) is 0 Å². The molecular formula is C15H21BrN2O2. The van der Waals surface area contributed by atoms with E-state index in [9.17, 15) is 0 Å². The van der Waals surface area contributed by atoms with Crippen LogP contribution in [0.4, 0.5) is 0 Å². The third-order valence-corrected chi connectivity index (χ3v) is 4.63. The van der Waals surface area contributed by atoms with Gasteiger partial charge in [-0.25, -0.2) is 0 Å². The molecule has 1 aromatic rings. The molecule has 0 spiro atoms. The fourth-order valence-electron chi connectivity index (χ4n) is 2.80. The summed E-state index contributed by atoms with van der Waals surface area (Å²) in [5, 5.41) is 11.7. The third-order valence-electron chi connectivity index (χ3n) is 3.98. The molecule has 20 heavy (non-hydrogen) atoms. The summed E-state index contributed by atoms with van der Waals surface area (Å²) in [4.78, 5) is 0. The van der Waals surface area contributed by atoms with Crippen LogP contribution < -0.4 is 10.5 Å². The van der Waals surface area contributed by atoms with Gasteiger partial charge in [-0.15, -0.1) is 0 Å². The van der Waals surface area contributed by atoms with Crippen LogP contribution in [0.25, 0.3) is 0 Å². The molecule has 4 nitrogen and oxygen atoms in total. The van der Waals surface area contributed by atoms with Crippen molar-refractivity contribution in [3.8, 4) is 5.75 Å². The average Bonchev–Trinajstić information content (AvgIpc) is 2.47. The van der Waals surface area contributed by atoms with Crippen LogP contribution in [0.2, 0.25) is 0 Å². The maximum absolute atomic E-state index is 8.72. The Bertz CT molecular complexity index is 491. The van der Waals surface area contributed by atoms with Gasteiger partial charge in [-0.2, -0.15) is 0 Å². The number of oxime groups is 1. The number of halogens is 1. The first-order valence-electron chi connectivity index (χ1n) is 7.09. The first kappa shape index (κ1) is 15.2. The lowest BCUT2D eigenvalue weighted by molar-refractivity contribution is 0.0903. The maximum atomic E-state index is 8.72. The van der Waals surface area contributed by atoms with Crippen molar-refractivity contribution >= 4 is 21.8 Å². The molecule has 1 saturated carbocycles. The van der Waals surface area contributed by atoms with Crippen molar-refractivity contribution in [3.05, 3.63) is 28.2 Å². The van der Waals surface area contributed by atoms with Gasteiger partial charge in [0.05, 0.1) is 0 Å². The van der Waals surface area contributed by atoms with Crippen LogP contribution in [-0.2, 0) is 0 Å². The van der Waals surface area contributed by atoms with Crippen molar-refractivity contribution in [2.24, 2.45) is 16.8 Å². The molecule has 110 valence electrons. The van der Waals surface area contributed by atoms with Gasteiger partial charge in [0, 0.05) is 10.0 Å². The van der Waals surface area contributed by atoms with E-state index in [-0.39, 0.29) is 5.84 Å². The minimum Gasteiger partial charge on any atom is -0.490 e. The Morgan fingerprint density at radius 1 is 1.45 bits per heavy atom. The van der Waals surface area contributed by atoms with Crippen molar-refractivity contribution in [1.29, 1.82) is 0 Å². The van der Waals surface area contributed by atoms with Crippen LogP contribution >= 0.6 is 15.9 Å². The lowest BCUT2D eigenvalue weighted by Gasteiger charge is -2.31. The third kappa shape index (κ3) is 3.45. The Morgan fingerprint density at radius 3 is 2.85 bits per heavy atom. The highest BCUT2D eigenvalue weighted by atomic mass is 79.9. The average molecular weight is 341 g/mol. The van der Waals surface area contributed by atoms with E-state index in [1.54, 1.807) is 6.07 Å².